The number of hydrogen-bond acceptors (Lipinski definition) is 3. The Bertz CT molecular complexity index is 146. The van der Waals surface area contributed by atoms with E-state index in [1.165, 1.54) is 0 Å². The van der Waals surface area contributed by atoms with Gasteiger partial charge in [0.25, 0.3) is 0 Å². The van der Waals surface area contributed by atoms with Gasteiger partial charge in [-0.05, 0) is 6.32 Å². The number of carboxylic acid groups (broad SMARTS) is 1. The van der Waals surface area contributed by atoms with E-state index in [-0.39, 0.29) is 12.8 Å². The van der Waals surface area contributed by atoms with Crippen LogP contribution in [-0.4, -0.2) is 31.5 Å². The fourth-order valence-electron chi connectivity index (χ4n) is 0.497. The van der Waals surface area contributed by atoms with Crippen LogP contribution in [0.15, 0.2) is 0 Å². The number of ether oxygens (including phenoxy) is 1. The molecule has 4 nitrogen and oxygen atoms in total. The Morgan fingerprint density at radius 3 is 2.45 bits per heavy atom. The van der Waals surface area contributed by atoms with Gasteiger partial charge in [0.15, 0.2) is 0 Å². The van der Waals surface area contributed by atoms with Gasteiger partial charge in [-0.3, -0.25) is 9.59 Å². The fraction of sp³-hybridized carbons (Fsp3) is 0.667. The third-order valence-corrected chi connectivity index (χ3v) is 1.01. The zero-order valence-corrected chi connectivity index (χ0v) is 6.50. The Morgan fingerprint density at radius 2 is 2.00 bits per heavy atom. The Hall–Kier alpha value is -0.995. The molecule has 62 valence electrons. The third-order valence-electron chi connectivity index (χ3n) is 1.01. The van der Waals surface area contributed by atoms with E-state index in [0.717, 1.165) is 6.32 Å². The number of carbonyl (C=O) groups is 2. The Kier molecular flexibility index (Phi) is 5.24. The van der Waals surface area contributed by atoms with Crippen LogP contribution in [0.1, 0.15) is 12.8 Å². The van der Waals surface area contributed by atoms with Gasteiger partial charge in [-0.2, -0.15) is 0 Å². The summed E-state index contributed by atoms with van der Waals surface area (Å²) in [4.78, 5) is 20.6. The van der Waals surface area contributed by atoms with Crippen LogP contribution >= 0.6 is 0 Å². The molecule has 0 aliphatic rings. The maximum absolute atomic E-state index is 10.6. The van der Waals surface area contributed by atoms with Crippen molar-refractivity contribution in [2.24, 2.45) is 0 Å². The molecular weight excluding hydrogens is 147 g/mol. The van der Waals surface area contributed by atoms with Crippen molar-refractivity contribution < 1.29 is 19.4 Å². The van der Waals surface area contributed by atoms with Crippen LogP contribution in [0, 0.1) is 0 Å². The molecule has 0 heterocycles. The molecule has 0 aromatic rings. The summed E-state index contributed by atoms with van der Waals surface area (Å²) in [6.45, 7) is 0.373. The summed E-state index contributed by atoms with van der Waals surface area (Å²) in [7, 11) is 1.88. The Labute approximate surface area is 65.9 Å². The van der Waals surface area contributed by atoms with E-state index in [0.29, 0.717) is 6.61 Å². The maximum Gasteiger partial charge on any atom is 0.306 e. The van der Waals surface area contributed by atoms with E-state index in [9.17, 15) is 9.59 Å². The van der Waals surface area contributed by atoms with Gasteiger partial charge in [0.1, 0.15) is 7.85 Å². The molecule has 0 unspecified atom stereocenters. The standard InChI is InChI=1S/C6H11BO4/c7-3-4-11-6(10)2-1-5(8)9/h1-4,7H2,(H,8,9). The molecule has 0 aliphatic carbocycles. The zero-order chi connectivity index (χ0) is 8.69. The van der Waals surface area contributed by atoms with E-state index in [4.69, 9.17) is 5.11 Å². The molecule has 11 heavy (non-hydrogen) atoms. The molecule has 1 N–H and O–H groups in total. The molecule has 0 saturated heterocycles. The lowest BCUT2D eigenvalue weighted by molar-refractivity contribution is -0.147. The van der Waals surface area contributed by atoms with Crippen molar-refractivity contribution >= 4 is 19.8 Å². The topological polar surface area (TPSA) is 63.6 Å². The predicted molar refractivity (Wildman–Crippen MR) is 41.2 cm³/mol. The lowest BCUT2D eigenvalue weighted by atomic mass is 10.1. The molecule has 0 aliphatic heterocycles. The van der Waals surface area contributed by atoms with Gasteiger partial charge >= 0.3 is 11.9 Å². The molecule has 0 radical (unpaired) electrons. The van der Waals surface area contributed by atoms with Gasteiger partial charge in [-0.1, -0.05) is 0 Å². The lowest BCUT2D eigenvalue weighted by Gasteiger charge is -1.99. The summed E-state index contributed by atoms with van der Waals surface area (Å²) >= 11 is 0. The Balaban J connectivity index is 3.30. The van der Waals surface area contributed by atoms with Crippen LogP contribution in [0.5, 0.6) is 0 Å². The van der Waals surface area contributed by atoms with Crippen LogP contribution < -0.4 is 0 Å². The molecule has 0 rings (SSSR count). The summed E-state index contributed by atoms with van der Waals surface area (Å²) in [6, 6.07) is 0. The van der Waals surface area contributed by atoms with Crippen molar-refractivity contribution in [2.45, 2.75) is 19.2 Å². The summed E-state index contributed by atoms with van der Waals surface area (Å²) in [5.41, 5.74) is 0. The minimum absolute atomic E-state index is 0.0324. The molecule has 0 spiro atoms. The number of hydrogen-bond donors (Lipinski definition) is 1. The normalized spacial score (nSPS) is 9.09. The molecule has 0 saturated carbocycles. The fourth-order valence-corrected chi connectivity index (χ4v) is 0.497. The predicted octanol–water partition coefficient (Wildman–Crippen LogP) is -0.554. The van der Waals surface area contributed by atoms with Crippen molar-refractivity contribution in [3.05, 3.63) is 0 Å². The molecule has 0 aromatic heterocycles. The number of carboxylic acids is 1. The SMILES string of the molecule is BCCOC(=O)CCC(=O)O. The first-order valence-electron chi connectivity index (χ1n) is 3.54. The summed E-state index contributed by atoms with van der Waals surface area (Å²) in [6.07, 6.45) is 0.580. The second kappa shape index (κ2) is 5.76. The average Bonchev–Trinajstić information content (AvgIpc) is 1.97. The highest BCUT2D eigenvalue weighted by atomic mass is 16.5. The Morgan fingerprint density at radius 1 is 1.36 bits per heavy atom. The monoisotopic (exact) mass is 158 g/mol. The molecule has 0 atom stereocenters. The maximum atomic E-state index is 10.6. The molecule has 0 aromatic carbocycles. The number of carbonyl (C=O) groups excluding carboxylic acids is 1. The highest BCUT2D eigenvalue weighted by molar-refractivity contribution is 6.08. The van der Waals surface area contributed by atoms with Crippen molar-refractivity contribution in [2.75, 3.05) is 6.61 Å². The van der Waals surface area contributed by atoms with Crippen molar-refractivity contribution in [1.29, 1.82) is 0 Å². The summed E-state index contributed by atoms with van der Waals surface area (Å²) in [5, 5.41) is 8.18. The van der Waals surface area contributed by atoms with Gasteiger partial charge in [-0.25, -0.2) is 0 Å². The largest absolute Gasteiger partial charge is 0.481 e. The zero-order valence-electron chi connectivity index (χ0n) is 6.50. The smallest absolute Gasteiger partial charge is 0.306 e. The van der Waals surface area contributed by atoms with Crippen molar-refractivity contribution in [3.8, 4) is 0 Å². The van der Waals surface area contributed by atoms with Crippen molar-refractivity contribution in [1.82, 2.24) is 0 Å². The lowest BCUT2D eigenvalue weighted by Crippen LogP contribution is -2.07. The summed E-state index contributed by atoms with van der Waals surface area (Å²) < 4.78 is 4.64. The van der Waals surface area contributed by atoms with E-state index in [2.05, 4.69) is 4.74 Å². The van der Waals surface area contributed by atoms with Crippen LogP contribution in [0.4, 0.5) is 0 Å². The van der Waals surface area contributed by atoms with Gasteiger partial charge in [0.2, 0.25) is 0 Å². The van der Waals surface area contributed by atoms with Gasteiger partial charge in [-0.15, -0.1) is 0 Å². The summed E-state index contributed by atoms with van der Waals surface area (Å²) in [5.74, 6) is -1.41. The van der Waals surface area contributed by atoms with Gasteiger partial charge < -0.3 is 9.84 Å². The first kappa shape index (κ1) is 10.0. The molecular formula is C6H11BO4. The second-order valence-electron chi connectivity index (χ2n) is 2.11. The minimum atomic E-state index is -0.974. The van der Waals surface area contributed by atoms with Gasteiger partial charge in [0, 0.05) is 0 Å². The van der Waals surface area contributed by atoms with E-state index >= 15 is 0 Å². The van der Waals surface area contributed by atoms with Crippen LogP contribution in [0.3, 0.4) is 0 Å². The minimum Gasteiger partial charge on any atom is -0.481 e. The van der Waals surface area contributed by atoms with Crippen LogP contribution in [0.25, 0.3) is 0 Å². The first-order chi connectivity index (χ1) is 5.16. The first-order valence-corrected chi connectivity index (χ1v) is 3.54. The quantitative estimate of drug-likeness (QED) is 0.430. The van der Waals surface area contributed by atoms with Gasteiger partial charge in [0.05, 0.1) is 19.4 Å². The third kappa shape index (κ3) is 6.90. The number of aliphatic carboxylic acids is 1. The second-order valence-corrected chi connectivity index (χ2v) is 2.11. The van der Waals surface area contributed by atoms with E-state index < -0.39 is 11.9 Å². The highest BCUT2D eigenvalue weighted by Gasteiger charge is 2.04. The average molecular weight is 158 g/mol. The number of esters is 1. The van der Waals surface area contributed by atoms with Crippen LogP contribution in [0.2, 0.25) is 6.32 Å². The molecule has 0 bridgehead atoms. The van der Waals surface area contributed by atoms with Crippen LogP contribution in [-0.2, 0) is 14.3 Å². The number of rotatable bonds is 5. The van der Waals surface area contributed by atoms with E-state index in [1.807, 2.05) is 7.85 Å². The molecule has 0 amide bonds. The molecule has 0 fully saturated rings. The highest BCUT2D eigenvalue weighted by Crippen LogP contribution is 1.92. The molecule has 5 heteroatoms. The van der Waals surface area contributed by atoms with Crippen molar-refractivity contribution in [3.63, 3.8) is 0 Å². The van der Waals surface area contributed by atoms with E-state index in [1.54, 1.807) is 0 Å².